The number of aryl methyl sites for hydroxylation is 1. The molecule has 2 aromatic carbocycles. The molecule has 3 amide bonds. The number of hydrogen-bond acceptors (Lipinski definition) is 3. The van der Waals surface area contributed by atoms with Crippen LogP contribution >= 0.6 is 0 Å². The van der Waals surface area contributed by atoms with E-state index in [1.807, 2.05) is 32.9 Å². The molecule has 0 radical (unpaired) electrons. The molecule has 0 saturated carbocycles. The van der Waals surface area contributed by atoms with Gasteiger partial charge in [-0.2, -0.15) is 0 Å². The summed E-state index contributed by atoms with van der Waals surface area (Å²) in [5, 5.41) is 5.93. The Labute approximate surface area is 194 Å². The number of halogens is 1. The Balaban J connectivity index is 1.72. The van der Waals surface area contributed by atoms with E-state index in [0.717, 1.165) is 12.0 Å². The number of carbonyl (C=O) groups excluding carboxylic acids is 3. The van der Waals surface area contributed by atoms with Crippen molar-refractivity contribution in [1.29, 1.82) is 0 Å². The first-order chi connectivity index (χ1) is 15.8. The summed E-state index contributed by atoms with van der Waals surface area (Å²) in [7, 11) is 0. The lowest BCUT2D eigenvalue weighted by molar-refractivity contribution is -0.125. The zero-order chi connectivity index (χ0) is 24.0. The van der Waals surface area contributed by atoms with Crippen molar-refractivity contribution in [2.45, 2.75) is 52.1 Å². The van der Waals surface area contributed by atoms with Gasteiger partial charge in [0.2, 0.25) is 5.91 Å². The van der Waals surface area contributed by atoms with Crippen molar-refractivity contribution in [1.82, 2.24) is 15.5 Å². The van der Waals surface area contributed by atoms with Gasteiger partial charge in [0, 0.05) is 24.7 Å². The van der Waals surface area contributed by atoms with Crippen molar-refractivity contribution >= 4 is 17.7 Å². The smallest absolute Gasteiger partial charge is 0.256 e. The molecule has 0 aliphatic carbocycles. The number of hydrogen-bond donors (Lipinski definition) is 2. The predicted molar refractivity (Wildman–Crippen MR) is 125 cm³/mol. The fraction of sp³-hybridized carbons (Fsp3) is 0.423. The minimum atomic E-state index is -0.711. The van der Waals surface area contributed by atoms with Crippen molar-refractivity contribution in [2.24, 2.45) is 5.92 Å². The summed E-state index contributed by atoms with van der Waals surface area (Å²) < 4.78 is 14.1. The SMILES string of the molecule is CC[C@H](C)NC(=O)[C@@H](NC(=O)c1ccccc1C)C1CCN(C(=O)c2ccccc2F)CC1. The highest BCUT2D eigenvalue weighted by Crippen LogP contribution is 2.24. The predicted octanol–water partition coefficient (Wildman–Crippen LogP) is 3.70. The van der Waals surface area contributed by atoms with Gasteiger partial charge in [-0.15, -0.1) is 0 Å². The molecule has 1 aliphatic rings. The fourth-order valence-electron chi connectivity index (χ4n) is 4.12. The molecule has 0 spiro atoms. The normalized spacial score (nSPS) is 16.1. The first kappa shape index (κ1) is 24.4. The lowest BCUT2D eigenvalue weighted by Gasteiger charge is -2.36. The molecule has 1 fully saturated rings. The van der Waals surface area contributed by atoms with E-state index in [9.17, 15) is 18.8 Å². The third kappa shape index (κ3) is 5.97. The second-order valence-corrected chi connectivity index (χ2v) is 8.69. The molecular formula is C26H32FN3O3. The Morgan fingerprint density at radius 2 is 1.61 bits per heavy atom. The molecule has 3 rings (SSSR count). The fourth-order valence-corrected chi connectivity index (χ4v) is 4.12. The highest BCUT2D eigenvalue weighted by molar-refractivity contribution is 5.99. The summed E-state index contributed by atoms with van der Waals surface area (Å²) in [6.45, 7) is 6.55. The van der Waals surface area contributed by atoms with E-state index in [-0.39, 0.29) is 35.2 Å². The highest BCUT2D eigenvalue weighted by atomic mass is 19.1. The second kappa shape index (κ2) is 11.1. The molecular weight excluding hydrogens is 421 g/mol. The van der Waals surface area contributed by atoms with Crippen LogP contribution in [0.3, 0.4) is 0 Å². The summed E-state index contributed by atoms with van der Waals surface area (Å²) in [5.41, 5.74) is 1.42. The molecule has 1 heterocycles. The zero-order valence-electron chi connectivity index (χ0n) is 19.4. The summed E-state index contributed by atoms with van der Waals surface area (Å²) in [4.78, 5) is 40.4. The molecule has 2 aromatic rings. The minimum Gasteiger partial charge on any atom is -0.352 e. The van der Waals surface area contributed by atoms with Crippen LogP contribution in [0.1, 0.15) is 59.4 Å². The van der Waals surface area contributed by atoms with Crippen LogP contribution in [0.4, 0.5) is 4.39 Å². The molecule has 6 nitrogen and oxygen atoms in total. The first-order valence-corrected chi connectivity index (χ1v) is 11.5. The highest BCUT2D eigenvalue weighted by Gasteiger charge is 2.35. The van der Waals surface area contributed by atoms with Crippen molar-refractivity contribution in [3.8, 4) is 0 Å². The molecule has 176 valence electrons. The van der Waals surface area contributed by atoms with Gasteiger partial charge in [0.05, 0.1) is 5.56 Å². The number of piperidine rings is 1. The maximum atomic E-state index is 14.1. The lowest BCUT2D eigenvalue weighted by Crippen LogP contribution is -2.55. The second-order valence-electron chi connectivity index (χ2n) is 8.69. The Kier molecular flexibility index (Phi) is 8.20. The third-order valence-corrected chi connectivity index (χ3v) is 6.36. The number of rotatable bonds is 7. The van der Waals surface area contributed by atoms with Gasteiger partial charge in [-0.3, -0.25) is 14.4 Å². The van der Waals surface area contributed by atoms with Gasteiger partial charge >= 0.3 is 0 Å². The van der Waals surface area contributed by atoms with Crippen LogP contribution in [-0.4, -0.2) is 47.8 Å². The van der Waals surface area contributed by atoms with E-state index in [2.05, 4.69) is 10.6 Å². The van der Waals surface area contributed by atoms with Crippen LogP contribution in [0, 0.1) is 18.7 Å². The number of nitrogens with zero attached hydrogens (tertiary/aromatic N) is 1. The molecule has 1 saturated heterocycles. The summed E-state index contributed by atoms with van der Waals surface area (Å²) in [6.07, 6.45) is 1.85. The Hall–Kier alpha value is -3.22. The monoisotopic (exact) mass is 453 g/mol. The molecule has 7 heteroatoms. The van der Waals surface area contributed by atoms with Crippen molar-refractivity contribution in [3.05, 3.63) is 71.0 Å². The quantitative estimate of drug-likeness (QED) is 0.671. The van der Waals surface area contributed by atoms with Crippen LogP contribution in [0.5, 0.6) is 0 Å². The van der Waals surface area contributed by atoms with Gasteiger partial charge in [-0.25, -0.2) is 4.39 Å². The van der Waals surface area contributed by atoms with Crippen molar-refractivity contribution in [2.75, 3.05) is 13.1 Å². The summed E-state index contributed by atoms with van der Waals surface area (Å²) in [6, 6.07) is 12.5. The number of carbonyl (C=O) groups is 3. The molecule has 33 heavy (non-hydrogen) atoms. The van der Waals surface area contributed by atoms with Crippen molar-refractivity contribution in [3.63, 3.8) is 0 Å². The Morgan fingerprint density at radius 3 is 2.21 bits per heavy atom. The van der Waals surface area contributed by atoms with Gasteiger partial charge in [-0.1, -0.05) is 37.3 Å². The van der Waals surface area contributed by atoms with Crippen LogP contribution in [0.2, 0.25) is 0 Å². The number of benzene rings is 2. The van der Waals surface area contributed by atoms with Gasteiger partial charge in [-0.05, 0) is 62.8 Å². The molecule has 0 aromatic heterocycles. The van der Waals surface area contributed by atoms with Gasteiger partial charge in [0.25, 0.3) is 11.8 Å². The average Bonchev–Trinajstić information content (AvgIpc) is 2.82. The zero-order valence-corrected chi connectivity index (χ0v) is 19.4. The van der Waals surface area contributed by atoms with Gasteiger partial charge in [0.15, 0.2) is 0 Å². The van der Waals surface area contributed by atoms with Gasteiger partial charge < -0.3 is 15.5 Å². The lowest BCUT2D eigenvalue weighted by atomic mass is 9.88. The van der Waals surface area contributed by atoms with Crippen LogP contribution in [-0.2, 0) is 4.79 Å². The topological polar surface area (TPSA) is 78.5 Å². The van der Waals surface area contributed by atoms with E-state index in [1.165, 1.54) is 12.1 Å². The largest absolute Gasteiger partial charge is 0.352 e. The van der Waals surface area contributed by atoms with Crippen LogP contribution in [0.25, 0.3) is 0 Å². The molecule has 1 aliphatic heterocycles. The summed E-state index contributed by atoms with van der Waals surface area (Å²) in [5.74, 6) is -1.53. The number of nitrogens with one attached hydrogen (secondary N) is 2. The van der Waals surface area contributed by atoms with E-state index in [1.54, 1.807) is 29.2 Å². The van der Waals surface area contributed by atoms with Crippen LogP contribution < -0.4 is 10.6 Å². The average molecular weight is 454 g/mol. The number of amides is 3. The molecule has 0 bridgehead atoms. The molecule has 2 N–H and O–H groups in total. The maximum Gasteiger partial charge on any atom is 0.256 e. The van der Waals surface area contributed by atoms with Gasteiger partial charge in [0.1, 0.15) is 11.9 Å². The van der Waals surface area contributed by atoms with E-state index in [4.69, 9.17) is 0 Å². The van der Waals surface area contributed by atoms with E-state index in [0.29, 0.717) is 31.5 Å². The van der Waals surface area contributed by atoms with E-state index < -0.39 is 11.9 Å². The Morgan fingerprint density at radius 1 is 1.00 bits per heavy atom. The first-order valence-electron chi connectivity index (χ1n) is 11.5. The Bertz CT molecular complexity index is 1000. The standard InChI is InChI=1S/C26H32FN3O3/c1-4-18(3)28-25(32)23(29-24(31)20-10-6-5-9-17(20)2)19-13-15-30(16-14-19)26(33)21-11-7-8-12-22(21)27/h5-12,18-19,23H,4,13-16H2,1-3H3,(H,28,32)(H,29,31)/t18-,23-/m0/s1. The maximum absolute atomic E-state index is 14.1. The van der Waals surface area contributed by atoms with E-state index >= 15 is 0 Å². The summed E-state index contributed by atoms with van der Waals surface area (Å²) >= 11 is 0. The number of likely N-dealkylation sites (tertiary alicyclic amines) is 1. The minimum absolute atomic E-state index is 0.0157. The van der Waals surface area contributed by atoms with Crippen molar-refractivity contribution < 1.29 is 18.8 Å². The molecule has 0 unspecified atom stereocenters. The van der Waals surface area contributed by atoms with Crippen LogP contribution in [0.15, 0.2) is 48.5 Å². The molecule has 2 atom stereocenters. The third-order valence-electron chi connectivity index (χ3n) is 6.36.